The second-order valence-electron chi connectivity index (χ2n) is 5.05. The number of primary sulfonamides is 1. The summed E-state index contributed by atoms with van der Waals surface area (Å²) in [6, 6.07) is 6.07. The quantitative estimate of drug-likeness (QED) is 0.421. The third kappa shape index (κ3) is 4.64. The normalized spacial score (nSPS) is 11.0. The van der Waals surface area contributed by atoms with Crippen LogP contribution in [0.1, 0.15) is 16.1 Å². The van der Waals surface area contributed by atoms with Crippen LogP contribution in [0.2, 0.25) is 0 Å². The van der Waals surface area contributed by atoms with E-state index in [9.17, 15) is 28.1 Å². The average molecular weight is 383 g/mol. The Hall–Kier alpha value is -3.25. The standard InChI is InChI=1S/C14H13N3O8S/c1-8-2-3-9(6-10(8)17(20)21)16-12(18)7-24-14(19)11-4-5-13(25-11)26(15,22)23/h2-6H,7H2,1H3,(H,16,18)(H2,15,22,23). The Kier molecular flexibility index (Phi) is 5.38. The highest BCUT2D eigenvalue weighted by Gasteiger charge is 2.19. The first-order valence-electron chi connectivity index (χ1n) is 6.92. The van der Waals surface area contributed by atoms with E-state index >= 15 is 0 Å². The zero-order valence-corrected chi connectivity index (χ0v) is 14.1. The van der Waals surface area contributed by atoms with Crippen molar-refractivity contribution in [2.45, 2.75) is 12.0 Å². The van der Waals surface area contributed by atoms with E-state index in [4.69, 9.17) is 9.56 Å². The Morgan fingerprint density at radius 1 is 1.31 bits per heavy atom. The van der Waals surface area contributed by atoms with Gasteiger partial charge in [-0.05, 0) is 25.1 Å². The molecule has 1 heterocycles. The van der Waals surface area contributed by atoms with Gasteiger partial charge in [0.2, 0.25) is 10.9 Å². The summed E-state index contributed by atoms with van der Waals surface area (Å²) in [7, 11) is -4.11. The molecule has 138 valence electrons. The van der Waals surface area contributed by atoms with Crippen LogP contribution in [0.3, 0.4) is 0 Å². The SMILES string of the molecule is Cc1ccc(NC(=O)COC(=O)c2ccc(S(N)(=O)=O)o2)cc1[N+](=O)[O-]. The third-order valence-corrected chi connectivity index (χ3v) is 3.87. The topological polar surface area (TPSA) is 172 Å². The van der Waals surface area contributed by atoms with Crippen molar-refractivity contribution in [1.29, 1.82) is 0 Å². The second-order valence-corrected chi connectivity index (χ2v) is 6.54. The van der Waals surface area contributed by atoms with Crippen LogP contribution in [0.5, 0.6) is 0 Å². The smallest absolute Gasteiger partial charge is 0.374 e. The number of nitro groups is 1. The van der Waals surface area contributed by atoms with Crippen molar-refractivity contribution in [2.24, 2.45) is 5.14 Å². The molecule has 1 amide bonds. The summed E-state index contributed by atoms with van der Waals surface area (Å²) in [6.45, 7) is 0.830. The highest BCUT2D eigenvalue weighted by atomic mass is 32.2. The molecule has 3 N–H and O–H groups in total. The van der Waals surface area contributed by atoms with Gasteiger partial charge in [0.05, 0.1) is 4.92 Å². The summed E-state index contributed by atoms with van der Waals surface area (Å²) in [5.41, 5.74) is 0.395. The van der Waals surface area contributed by atoms with Crippen LogP contribution >= 0.6 is 0 Å². The number of nitrogens with zero attached hydrogens (tertiary/aromatic N) is 1. The number of amides is 1. The van der Waals surface area contributed by atoms with Crippen LogP contribution < -0.4 is 10.5 Å². The van der Waals surface area contributed by atoms with Crippen LogP contribution in [-0.2, 0) is 19.6 Å². The predicted molar refractivity (Wildman–Crippen MR) is 86.8 cm³/mol. The molecule has 12 heteroatoms. The number of ether oxygens (including phenoxy) is 1. The number of nitro benzene ring substituents is 1. The molecule has 0 saturated carbocycles. The molecule has 0 radical (unpaired) electrons. The number of benzene rings is 1. The number of esters is 1. The van der Waals surface area contributed by atoms with Crippen molar-refractivity contribution in [3.8, 4) is 0 Å². The minimum atomic E-state index is -4.11. The summed E-state index contributed by atoms with van der Waals surface area (Å²) >= 11 is 0. The van der Waals surface area contributed by atoms with Crippen LogP contribution in [0.25, 0.3) is 0 Å². The van der Waals surface area contributed by atoms with Crippen LogP contribution in [-0.4, -0.2) is 31.8 Å². The fourth-order valence-electron chi connectivity index (χ4n) is 1.87. The number of nitrogens with two attached hydrogens (primary N) is 1. The third-order valence-electron chi connectivity index (χ3n) is 3.09. The lowest BCUT2D eigenvalue weighted by molar-refractivity contribution is -0.385. The van der Waals surface area contributed by atoms with Crippen LogP contribution in [0.15, 0.2) is 39.8 Å². The van der Waals surface area contributed by atoms with E-state index in [0.717, 1.165) is 12.1 Å². The van der Waals surface area contributed by atoms with E-state index in [0.29, 0.717) is 5.56 Å². The van der Waals surface area contributed by atoms with Gasteiger partial charge in [-0.1, -0.05) is 6.07 Å². The zero-order chi connectivity index (χ0) is 19.5. The number of anilines is 1. The lowest BCUT2D eigenvalue weighted by Gasteiger charge is -2.06. The molecule has 0 spiro atoms. The van der Waals surface area contributed by atoms with Gasteiger partial charge in [0.25, 0.3) is 21.6 Å². The number of carbonyl (C=O) groups excluding carboxylic acids is 2. The van der Waals surface area contributed by atoms with E-state index in [1.807, 2.05) is 0 Å². The first kappa shape index (κ1) is 19.1. The van der Waals surface area contributed by atoms with E-state index in [2.05, 4.69) is 10.1 Å². The van der Waals surface area contributed by atoms with Crippen molar-refractivity contribution in [1.82, 2.24) is 0 Å². The summed E-state index contributed by atoms with van der Waals surface area (Å²) in [6.07, 6.45) is 0. The molecule has 0 atom stereocenters. The Labute approximate surface area is 146 Å². The Bertz CT molecular complexity index is 980. The highest BCUT2D eigenvalue weighted by molar-refractivity contribution is 7.89. The summed E-state index contributed by atoms with van der Waals surface area (Å²) in [5.74, 6) is -2.28. The Morgan fingerprint density at radius 2 is 2.00 bits per heavy atom. The fraction of sp³-hybridized carbons (Fsp3) is 0.143. The van der Waals surface area contributed by atoms with Gasteiger partial charge in [0.1, 0.15) is 0 Å². The molecular formula is C14H13N3O8S. The molecule has 0 aliphatic carbocycles. The molecule has 26 heavy (non-hydrogen) atoms. The van der Waals surface area contributed by atoms with Gasteiger partial charge in [-0.3, -0.25) is 14.9 Å². The van der Waals surface area contributed by atoms with Crippen molar-refractivity contribution >= 4 is 33.3 Å². The maximum Gasteiger partial charge on any atom is 0.374 e. The van der Waals surface area contributed by atoms with Crippen molar-refractivity contribution in [3.05, 3.63) is 51.8 Å². The van der Waals surface area contributed by atoms with E-state index in [-0.39, 0.29) is 11.4 Å². The molecule has 0 saturated heterocycles. The largest absolute Gasteiger partial charge is 0.450 e. The minimum absolute atomic E-state index is 0.151. The number of rotatable bonds is 6. The van der Waals surface area contributed by atoms with Gasteiger partial charge >= 0.3 is 5.97 Å². The first-order chi connectivity index (χ1) is 12.1. The molecule has 0 fully saturated rings. The number of aryl methyl sites for hydroxylation is 1. The van der Waals surface area contributed by atoms with E-state index in [1.54, 1.807) is 6.92 Å². The molecular weight excluding hydrogens is 370 g/mol. The van der Waals surface area contributed by atoms with Gasteiger partial charge in [0.15, 0.2) is 6.61 Å². The van der Waals surface area contributed by atoms with Gasteiger partial charge in [0, 0.05) is 17.3 Å². The molecule has 0 unspecified atom stereocenters. The molecule has 0 aliphatic heterocycles. The molecule has 1 aromatic heterocycles. The number of hydrogen-bond donors (Lipinski definition) is 2. The summed E-state index contributed by atoms with van der Waals surface area (Å²) < 4.78 is 31.5. The fourth-order valence-corrected chi connectivity index (χ4v) is 2.33. The second kappa shape index (κ2) is 7.33. The van der Waals surface area contributed by atoms with Gasteiger partial charge in [-0.25, -0.2) is 18.4 Å². The molecule has 2 rings (SSSR count). The summed E-state index contributed by atoms with van der Waals surface area (Å²) in [4.78, 5) is 33.8. The number of sulfonamides is 1. The number of carbonyl (C=O) groups is 2. The summed E-state index contributed by atoms with van der Waals surface area (Å²) in [5, 5.41) is 17.4. The van der Waals surface area contributed by atoms with Gasteiger partial charge in [-0.15, -0.1) is 0 Å². The maximum absolute atomic E-state index is 11.8. The number of hydrogen-bond acceptors (Lipinski definition) is 8. The maximum atomic E-state index is 11.8. The van der Waals surface area contributed by atoms with Crippen LogP contribution in [0, 0.1) is 17.0 Å². The average Bonchev–Trinajstić information content (AvgIpc) is 3.04. The van der Waals surface area contributed by atoms with E-state index < -0.39 is 44.3 Å². The van der Waals surface area contributed by atoms with Gasteiger partial charge in [-0.2, -0.15) is 0 Å². The van der Waals surface area contributed by atoms with Crippen molar-refractivity contribution < 1.29 is 32.1 Å². The molecule has 11 nitrogen and oxygen atoms in total. The Morgan fingerprint density at radius 3 is 2.58 bits per heavy atom. The highest BCUT2D eigenvalue weighted by Crippen LogP contribution is 2.22. The van der Waals surface area contributed by atoms with Crippen molar-refractivity contribution in [3.63, 3.8) is 0 Å². The first-order valence-corrected chi connectivity index (χ1v) is 8.47. The molecule has 1 aromatic carbocycles. The molecule has 0 bridgehead atoms. The zero-order valence-electron chi connectivity index (χ0n) is 13.3. The Balaban J connectivity index is 1.96. The monoisotopic (exact) mass is 383 g/mol. The van der Waals surface area contributed by atoms with Gasteiger partial charge < -0.3 is 14.5 Å². The predicted octanol–water partition coefficient (Wildman–Crippen LogP) is 0.939. The lowest BCUT2D eigenvalue weighted by atomic mass is 10.2. The lowest BCUT2D eigenvalue weighted by Crippen LogP contribution is -2.20. The molecule has 2 aromatic rings. The minimum Gasteiger partial charge on any atom is -0.450 e. The molecule has 0 aliphatic rings. The van der Waals surface area contributed by atoms with E-state index in [1.165, 1.54) is 18.2 Å². The number of furan rings is 1. The van der Waals surface area contributed by atoms with Crippen molar-refractivity contribution in [2.75, 3.05) is 11.9 Å². The van der Waals surface area contributed by atoms with Crippen LogP contribution in [0.4, 0.5) is 11.4 Å². The number of nitrogens with one attached hydrogen (secondary N) is 1.